The van der Waals surface area contributed by atoms with Crippen LogP contribution in [0.5, 0.6) is 0 Å². The number of likely N-dealkylation sites (N-methyl/N-ethyl adjacent to an activating group) is 2. The Balaban J connectivity index is 2.33. The summed E-state index contributed by atoms with van der Waals surface area (Å²) in [6.07, 6.45) is 3.94. The molecule has 0 spiro atoms. The van der Waals surface area contributed by atoms with Crippen LogP contribution in [-0.4, -0.2) is 25.7 Å². The van der Waals surface area contributed by atoms with Gasteiger partial charge in [0, 0.05) is 24.3 Å². The summed E-state index contributed by atoms with van der Waals surface area (Å²) in [7, 11) is 2.12. The Kier molecular flexibility index (Phi) is 4.74. The highest BCUT2D eigenvalue weighted by atomic mass is 15.2. The molecule has 2 nitrogen and oxygen atoms in total. The van der Waals surface area contributed by atoms with E-state index >= 15 is 0 Å². The second-order valence-corrected chi connectivity index (χ2v) is 6.79. The van der Waals surface area contributed by atoms with Gasteiger partial charge in [-0.05, 0) is 50.8 Å². The van der Waals surface area contributed by atoms with Crippen LogP contribution in [0.25, 0.3) is 0 Å². The van der Waals surface area contributed by atoms with Crippen molar-refractivity contribution in [2.45, 2.75) is 59.0 Å². The Bertz CT molecular complexity index is 439. The highest BCUT2D eigenvalue weighted by molar-refractivity contribution is 5.54. The lowest BCUT2D eigenvalue weighted by molar-refractivity contribution is 0.149. The van der Waals surface area contributed by atoms with Crippen molar-refractivity contribution in [2.24, 2.45) is 5.41 Å². The first kappa shape index (κ1) is 15.4. The number of benzene rings is 1. The molecule has 0 amide bonds. The third-order valence-corrected chi connectivity index (χ3v) is 5.02. The summed E-state index contributed by atoms with van der Waals surface area (Å²) in [6, 6.07) is 9.93. The average molecular weight is 274 g/mol. The molecule has 2 heteroatoms. The molecule has 0 aliphatic heterocycles. The van der Waals surface area contributed by atoms with Crippen LogP contribution >= 0.6 is 0 Å². The van der Waals surface area contributed by atoms with Gasteiger partial charge >= 0.3 is 0 Å². The summed E-state index contributed by atoms with van der Waals surface area (Å²) in [6.45, 7) is 10.4. The Labute approximate surface area is 124 Å². The van der Waals surface area contributed by atoms with E-state index in [0.717, 1.165) is 6.54 Å². The van der Waals surface area contributed by atoms with Crippen LogP contribution in [0.1, 0.15) is 45.6 Å². The molecule has 1 aliphatic carbocycles. The molecule has 1 aromatic rings. The van der Waals surface area contributed by atoms with Gasteiger partial charge in [-0.2, -0.15) is 0 Å². The minimum atomic E-state index is 0.369. The number of aryl methyl sites for hydroxylation is 1. The van der Waals surface area contributed by atoms with Crippen LogP contribution in [0.3, 0.4) is 0 Å². The van der Waals surface area contributed by atoms with E-state index in [1.165, 1.54) is 30.5 Å². The largest absolute Gasteiger partial charge is 0.367 e. The molecule has 1 aromatic carbocycles. The van der Waals surface area contributed by atoms with Gasteiger partial charge in [0.2, 0.25) is 0 Å². The Morgan fingerprint density at radius 1 is 1.30 bits per heavy atom. The molecule has 2 atom stereocenters. The topological polar surface area (TPSA) is 15.3 Å². The summed E-state index contributed by atoms with van der Waals surface area (Å²) >= 11 is 0. The number of anilines is 1. The maximum atomic E-state index is 3.61. The summed E-state index contributed by atoms with van der Waals surface area (Å²) in [4.78, 5) is 2.61. The number of nitrogens with one attached hydrogen (secondary N) is 1. The lowest BCUT2D eigenvalue weighted by atomic mass is 9.70. The number of para-hydroxylation sites is 1. The molecule has 20 heavy (non-hydrogen) atoms. The summed E-state index contributed by atoms with van der Waals surface area (Å²) in [5, 5.41) is 3.61. The molecule has 1 fully saturated rings. The van der Waals surface area contributed by atoms with Crippen molar-refractivity contribution >= 4 is 5.69 Å². The molecule has 0 radical (unpaired) electrons. The minimum Gasteiger partial charge on any atom is -0.367 e. The molecule has 0 bridgehead atoms. The fourth-order valence-electron chi connectivity index (χ4n) is 4.00. The van der Waals surface area contributed by atoms with Crippen LogP contribution in [-0.2, 0) is 0 Å². The highest BCUT2D eigenvalue weighted by Gasteiger charge is 2.40. The van der Waals surface area contributed by atoms with Crippen molar-refractivity contribution in [2.75, 3.05) is 18.5 Å². The van der Waals surface area contributed by atoms with Crippen molar-refractivity contribution in [3.05, 3.63) is 29.8 Å². The minimum absolute atomic E-state index is 0.369. The first-order valence-corrected chi connectivity index (χ1v) is 8.00. The van der Waals surface area contributed by atoms with E-state index in [-0.39, 0.29) is 0 Å². The zero-order valence-electron chi connectivity index (χ0n) is 13.7. The summed E-state index contributed by atoms with van der Waals surface area (Å²) in [5.41, 5.74) is 3.15. The maximum Gasteiger partial charge on any atom is 0.0448 e. The zero-order valence-corrected chi connectivity index (χ0v) is 13.7. The van der Waals surface area contributed by atoms with Gasteiger partial charge in [-0.25, -0.2) is 0 Å². The molecular formula is C18H30N2. The number of nitrogens with zero attached hydrogens (tertiary/aromatic N) is 1. The van der Waals surface area contributed by atoms with Gasteiger partial charge in [-0.3, -0.25) is 0 Å². The third-order valence-electron chi connectivity index (χ3n) is 5.02. The predicted octanol–water partition coefficient (Wildman–Crippen LogP) is 3.99. The molecular weight excluding hydrogens is 244 g/mol. The Morgan fingerprint density at radius 2 is 2.00 bits per heavy atom. The molecule has 1 saturated carbocycles. The predicted molar refractivity (Wildman–Crippen MR) is 88.5 cm³/mol. The highest BCUT2D eigenvalue weighted by Crippen LogP contribution is 2.39. The maximum absolute atomic E-state index is 3.61. The second-order valence-electron chi connectivity index (χ2n) is 6.79. The third kappa shape index (κ3) is 2.85. The monoisotopic (exact) mass is 274 g/mol. The van der Waals surface area contributed by atoms with Gasteiger partial charge in [0.05, 0.1) is 0 Å². The van der Waals surface area contributed by atoms with E-state index < -0.39 is 0 Å². The van der Waals surface area contributed by atoms with Crippen LogP contribution < -0.4 is 10.2 Å². The van der Waals surface area contributed by atoms with Gasteiger partial charge in [0.1, 0.15) is 0 Å². The standard InChI is InChI=1S/C18H30N2/c1-6-20(15-11-8-7-10-14(15)2)16-12-9-13-18(3,4)17(16)19-5/h7-8,10-11,16-17,19H,6,9,12-13H2,1-5H3. The van der Waals surface area contributed by atoms with Gasteiger partial charge in [0.15, 0.2) is 0 Å². The van der Waals surface area contributed by atoms with Crippen molar-refractivity contribution in [1.29, 1.82) is 0 Å². The summed E-state index contributed by atoms with van der Waals surface area (Å²) in [5.74, 6) is 0. The fourth-order valence-corrected chi connectivity index (χ4v) is 4.00. The molecule has 0 heterocycles. The van der Waals surface area contributed by atoms with Crippen LogP contribution in [0.2, 0.25) is 0 Å². The van der Waals surface area contributed by atoms with Gasteiger partial charge in [-0.1, -0.05) is 38.5 Å². The van der Waals surface area contributed by atoms with Crippen molar-refractivity contribution in [1.82, 2.24) is 5.32 Å². The molecule has 2 rings (SSSR count). The Morgan fingerprint density at radius 3 is 2.60 bits per heavy atom. The van der Waals surface area contributed by atoms with E-state index in [0.29, 0.717) is 17.5 Å². The first-order valence-electron chi connectivity index (χ1n) is 8.00. The molecule has 112 valence electrons. The second kappa shape index (κ2) is 6.17. The SMILES string of the molecule is CCN(c1ccccc1C)C1CCCC(C)(C)C1NC. The number of rotatable bonds is 4. The number of hydrogen-bond acceptors (Lipinski definition) is 2. The number of hydrogen-bond donors (Lipinski definition) is 1. The first-order chi connectivity index (χ1) is 9.51. The van der Waals surface area contributed by atoms with Crippen LogP contribution in [0, 0.1) is 12.3 Å². The average Bonchev–Trinajstić information content (AvgIpc) is 2.41. The zero-order chi connectivity index (χ0) is 14.8. The van der Waals surface area contributed by atoms with E-state index in [9.17, 15) is 0 Å². The van der Waals surface area contributed by atoms with E-state index in [4.69, 9.17) is 0 Å². The van der Waals surface area contributed by atoms with Crippen LogP contribution in [0.4, 0.5) is 5.69 Å². The normalized spacial score (nSPS) is 25.4. The quantitative estimate of drug-likeness (QED) is 0.893. The van der Waals surface area contributed by atoms with Crippen LogP contribution in [0.15, 0.2) is 24.3 Å². The lowest BCUT2D eigenvalue weighted by Gasteiger charge is -2.49. The fraction of sp³-hybridized carbons (Fsp3) is 0.667. The lowest BCUT2D eigenvalue weighted by Crippen LogP contribution is -2.58. The van der Waals surface area contributed by atoms with Crippen molar-refractivity contribution < 1.29 is 0 Å². The van der Waals surface area contributed by atoms with Gasteiger partial charge < -0.3 is 10.2 Å². The van der Waals surface area contributed by atoms with Crippen molar-refractivity contribution in [3.8, 4) is 0 Å². The molecule has 0 saturated heterocycles. The Hall–Kier alpha value is -1.02. The van der Waals surface area contributed by atoms with Gasteiger partial charge in [-0.15, -0.1) is 0 Å². The molecule has 1 aliphatic rings. The van der Waals surface area contributed by atoms with E-state index in [2.05, 4.69) is 69.2 Å². The smallest absolute Gasteiger partial charge is 0.0448 e. The molecule has 0 aromatic heterocycles. The van der Waals surface area contributed by atoms with Gasteiger partial charge in [0.25, 0.3) is 0 Å². The molecule has 2 unspecified atom stereocenters. The van der Waals surface area contributed by atoms with E-state index in [1.807, 2.05) is 0 Å². The van der Waals surface area contributed by atoms with E-state index in [1.54, 1.807) is 0 Å². The van der Waals surface area contributed by atoms with Crippen molar-refractivity contribution in [3.63, 3.8) is 0 Å². The summed E-state index contributed by atoms with van der Waals surface area (Å²) < 4.78 is 0. The molecule has 1 N–H and O–H groups in total.